The first-order valence-corrected chi connectivity index (χ1v) is 6.29. The SMILES string of the molecule is CCCC(=NO)P(=O)(OCC)OCC. The van der Waals surface area contributed by atoms with E-state index >= 15 is 0 Å². The quantitative estimate of drug-likeness (QED) is 0.312. The number of rotatable bonds is 7. The van der Waals surface area contributed by atoms with E-state index in [-0.39, 0.29) is 18.7 Å². The summed E-state index contributed by atoms with van der Waals surface area (Å²) < 4.78 is 22.0. The Bertz CT molecular complexity index is 219. The Morgan fingerprint density at radius 2 is 1.79 bits per heavy atom. The van der Waals surface area contributed by atoms with Gasteiger partial charge in [0, 0.05) is 6.42 Å². The third kappa shape index (κ3) is 3.78. The van der Waals surface area contributed by atoms with Crippen LogP contribution in [-0.2, 0) is 13.6 Å². The van der Waals surface area contributed by atoms with Crippen LogP contribution in [0.1, 0.15) is 33.6 Å². The maximum absolute atomic E-state index is 12.0. The molecule has 0 bridgehead atoms. The maximum atomic E-state index is 12.0. The van der Waals surface area contributed by atoms with Crippen LogP contribution < -0.4 is 0 Å². The number of hydrogen-bond acceptors (Lipinski definition) is 5. The second-order valence-electron chi connectivity index (χ2n) is 2.60. The molecule has 0 aliphatic rings. The number of oxime groups is 1. The molecule has 0 unspecified atom stereocenters. The lowest BCUT2D eigenvalue weighted by atomic mass is 10.4. The molecule has 0 aromatic carbocycles. The summed E-state index contributed by atoms with van der Waals surface area (Å²) >= 11 is 0. The van der Waals surface area contributed by atoms with Gasteiger partial charge in [-0.1, -0.05) is 18.5 Å². The Morgan fingerprint density at radius 1 is 1.29 bits per heavy atom. The van der Waals surface area contributed by atoms with Gasteiger partial charge in [0.2, 0.25) is 0 Å². The van der Waals surface area contributed by atoms with Gasteiger partial charge in [-0.15, -0.1) is 0 Å². The smallest absolute Gasteiger partial charge is 0.378 e. The van der Waals surface area contributed by atoms with Crippen molar-refractivity contribution in [3.05, 3.63) is 0 Å². The van der Waals surface area contributed by atoms with Gasteiger partial charge in [0.1, 0.15) is 0 Å². The van der Waals surface area contributed by atoms with Gasteiger partial charge in [-0.2, -0.15) is 0 Å². The van der Waals surface area contributed by atoms with Crippen LogP contribution in [0, 0.1) is 0 Å². The largest absolute Gasteiger partial charge is 0.410 e. The van der Waals surface area contributed by atoms with Crippen LogP contribution in [0.4, 0.5) is 0 Å². The Balaban J connectivity index is 4.68. The van der Waals surface area contributed by atoms with Gasteiger partial charge in [0.05, 0.1) is 13.2 Å². The normalized spacial score (nSPS) is 13.2. The Morgan fingerprint density at radius 3 is 2.07 bits per heavy atom. The Kier molecular flexibility index (Phi) is 6.79. The molecule has 0 aromatic heterocycles. The van der Waals surface area contributed by atoms with E-state index in [1.165, 1.54) is 0 Å². The third-order valence-corrected chi connectivity index (χ3v) is 3.64. The standard InChI is InChI=1S/C8H18NO4P/c1-4-7-8(9-10)14(11,12-5-2)13-6-3/h10H,4-7H2,1-3H3. The average Bonchev–Trinajstić information content (AvgIpc) is 2.14. The molecule has 0 saturated carbocycles. The topological polar surface area (TPSA) is 68.1 Å². The fourth-order valence-electron chi connectivity index (χ4n) is 0.992. The predicted molar refractivity (Wildman–Crippen MR) is 55.0 cm³/mol. The summed E-state index contributed by atoms with van der Waals surface area (Å²) in [6.45, 7) is 5.85. The molecule has 0 atom stereocenters. The van der Waals surface area contributed by atoms with Crippen molar-refractivity contribution in [2.24, 2.45) is 5.16 Å². The van der Waals surface area contributed by atoms with E-state index in [1.54, 1.807) is 13.8 Å². The molecule has 0 saturated heterocycles. The van der Waals surface area contributed by atoms with Crippen LogP contribution in [0.2, 0.25) is 0 Å². The molecule has 0 amide bonds. The molecule has 0 fully saturated rings. The van der Waals surface area contributed by atoms with Crippen molar-refractivity contribution in [1.82, 2.24) is 0 Å². The highest BCUT2D eigenvalue weighted by Gasteiger charge is 2.31. The van der Waals surface area contributed by atoms with Gasteiger partial charge < -0.3 is 14.3 Å². The minimum Gasteiger partial charge on any atom is -0.410 e. The highest BCUT2D eigenvalue weighted by atomic mass is 31.2. The summed E-state index contributed by atoms with van der Waals surface area (Å²) in [6.07, 6.45) is 1.14. The first-order chi connectivity index (χ1) is 6.64. The highest BCUT2D eigenvalue weighted by Crippen LogP contribution is 2.50. The summed E-state index contributed by atoms with van der Waals surface area (Å²) in [6, 6.07) is 0. The first-order valence-electron chi connectivity index (χ1n) is 4.75. The molecule has 0 aliphatic carbocycles. The first kappa shape index (κ1) is 13.6. The molecular weight excluding hydrogens is 205 g/mol. The fourth-order valence-corrected chi connectivity index (χ4v) is 2.65. The minimum atomic E-state index is -3.35. The fraction of sp³-hybridized carbons (Fsp3) is 0.875. The van der Waals surface area contributed by atoms with Crippen molar-refractivity contribution in [3.8, 4) is 0 Å². The summed E-state index contributed by atoms with van der Waals surface area (Å²) in [7, 11) is -3.35. The molecule has 0 spiro atoms. The van der Waals surface area contributed by atoms with Crippen molar-refractivity contribution in [2.75, 3.05) is 13.2 Å². The summed E-state index contributed by atoms with van der Waals surface area (Å²) in [5.41, 5.74) is 0.101. The zero-order valence-electron chi connectivity index (χ0n) is 8.89. The van der Waals surface area contributed by atoms with Crippen LogP contribution in [0.5, 0.6) is 0 Å². The van der Waals surface area contributed by atoms with Crippen LogP contribution in [0.3, 0.4) is 0 Å². The molecule has 0 heterocycles. The zero-order chi connectivity index (χ0) is 11.0. The van der Waals surface area contributed by atoms with E-state index in [1.807, 2.05) is 6.92 Å². The van der Waals surface area contributed by atoms with Crippen LogP contribution in [-0.4, -0.2) is 23.9 Å². The van der Waals surface area contributed by atoms with Gasteiger partial charge >= 0.3 is 7.60 Å². The van der Waals surface area contributed by atoms with Crippen molar-refractivity contribution in [3.63, 3.8) is 0 Å². The van der Waals surface area contributed by atoms with Crippen LogP contribution in [0.15, 0.2) is 5.16 Å². The molecule has 0 aromatic rings. The third-order valence-electron chi connectivity index (χ3n) is 1.50. The monoisotopic (exact) mass is 223 g/mol. The molecule has 0 aliphatic heterocycles. The van der Waals surface area contributed by atoms with E-state index < -0.39 is 7.60 Å². The Hall–Kier alpha value is -0.380. The van der Waals surface area contributed by atoms with E-state index in [2.05, 4.69) is 5.16 Å². The van der Waals surface area contributed by atoms with Gasteiger partial charge in [0.15, 0.2) is 5.45 Å². The minimum absolute atomic E-state index is 0.101. The maximum Gasteiger partial charge on any atom is 0.378 e. The van der Waals surface area contributed by atoms with E-state index in [9.17, 15) is 4.57 Å². The van der Waals surface area contributed by atoms with E-state index in [0.29, 0.717) is 6.42 Å². The summed E-state index contributed by atoms with van der Waals surface area (Å²) in [5, 5.41) is 11.7. The molecule has 5 nitrogen and oxygen atoms in total. The van der Waals surface area contributed by atoms with Crippen molar-refractivity contribution < 1.29 is 18.8 Å². The predicted octanol–water partition coefficient (Wildman–Crippen LogP) is 2.84. The van der Waals surface area contributed by atoms with Crippen LogP contribution in [0.25, 0.3) is 0 Å². The van der Waals surface area contributed by atoms with Crippen molar-refractivity contribution >= 4 is 13.0 Å². The Labute approximate surface area is 84.6 Å². The average molecular weight is 223 g/mol. The van der Waals surface area contributed by atoms with Gasteiger partial charge in [-0.3, -0.25) is 4.57 Å². The lowest BCUT2D eigenvalue weighted by Gasteiger charge is -2.17. The van der Waals surface area contributed by atoms with Crippen LogP contribution >= 0.6 is 7.60 Å². The zero-order valence-corrected chi connectivity index (χ0v) is 9.79. The van der Waals surface area contributed by atoms with Crippen molar-refractivity contribution in [1.29, 1.82) is 0 Å². The van der Waals surface area contributed by atoms with Gasteiger partial charge in [-0.25, -0.2) is 0 Å². The summed E-state index contributed by atoms with van der Waals surface area (Å²) in [4.78, 5) is 0. The summed E-state index contributed by atoms with van der Waals surface area (Å²) in [5.74, 6) is 0. The molecule has 84 valence electrons. The number of nitrogens with zero attached hydrogens (tertiary/aromatic N) is 1. The molecule has 1 N–H and O–H groups in total. The van der Waals surface area contributed by atoms with Crippen molar-refractivity contribution in [2.45, 2.75) is 33.6 Å². The molecule has 0 radical (unpaired) electrons. The second-order valence-corrected chi connectivity index (χ2v) is 4.63. The highest BCUT2D eigenvalue weighted by molar-refractivity contribution is 7.72. The molecule has 6 heteroatoms. The molecule has 14 heavy (non-hydrogen) atoms. The lowest BCUT2D eigenvalue weighted by Crippen LogP contribution is -2.07. The number of hydrogen-bond donors (Lipinski definition) is 1. The molecule has 0 rings (SSSR count). The van der Waals surface area contributed by atoms with Gasteiger partial charge in [-0.05, 0) is 13.8 Å². The lowest BCUT2D eigenvalue weighted by molar-refractivity contribution is 0.229. The second kappa shape index (κ2) is 6.98. The molecular formula is C8H18NO4P. The van der Waals surface area contributed by atoms with E-state index in [4.69, 9.17) is 14.3 Å². The van der Waals surface area contributed by atoms with E-state index in [0.717, 1.165) is 6.42 Å². The van der Waals surface area contributed by atoms with Gasteiger partial charge in [0.25, 0.3) is 0 Å².